The molecule has 0 aliphatic rings. The standard InChI is InChI=1S/C10H22N2O2/c1-6(2)8(13)5-12-10(14)9(11)7(3)4/h6-9,13H,5,11H2,1-4H3,(H,12,14). The molecule has 1 amide bonds. The third-order valence-electron chi connectivity index (χ3n) is 2.28. The number of hydrogen-bond acceptors (Lipinski definition) is 3. The molecular formula is C10H22N2O2. The van der Waals surface area contributed by atoms with Gasteiger partial charge in [-0.05, 0) is 11.8 Å². The zero-order valence-electron chi connectivity index (χ0n) is 9.45. The summed E-state index contributed by atoms with van der Waals surface area (Å²) in [7, 11) is 0. The fourth-order valence-corrected chi connectivity index (χ4v) is 0.861. The number of rotatable bonds is 5. The topological polar surface area (TPSA) is 75.3 Å². The molecule has 0 aromatic carbocycles. The first-order chi connectivity index (χ1) is 6.36. The highest BCUT2D eigenvalue weighted by atomic mass is 16.3. The molecule has 2 unspecified atom stereocenters. The van der Waals surface area contributed by atoms with Crippen LogP contribution in [0.4, 0.5) is 0 Å². The van der Waals surface area contributed by atoms with Crippen molar-refractivity contribution in [3.05, 3.63) is 0 Å². The Balaban J connectivity index is 3.85. The van der Waals surface area contributed by atoms with Crippen molar-refractivity contribution in [3.63, 3.8) is 0 Å². The minimum Gasteiger partial charge on any atom is -0.391 e. The first-order valence-corrected chi connectivity index (χ1v) is 5.07. The van der Waals surface area contributed by atoms with Crippen LogP contribution in [-0.4, -0.2) is 29.7 Å². The van der Waals surface area contributed by atoms with Crippen LogP contribution in [0.2, 0.25) is 0 Å². The van der Waals surface area contributed by atoms with Crippen molar-refractivity contribution in [2.75, 3.05) is 6.54 Å². The third kappa shape index (κ3) is 4.58. The lowest BCUT2D eigenvalue weighted by Gasteiger charge is -2.19. The van der Waals surface area contributed by atoms with Crippen molar-refractivity contribution in [2.24, 2.45) is 17.6 Å². The lowest BCUT2D eigenvalue weighted by atomic mass is 10.0. The van der Waals surface area contributed by atoms with E-state index >= 15 is 0 Å². The normalized spacial score (nSPS) is 15.7. The Labute approximate surface area is 85.9 Å². The van der Waals surface area contributed by atoms with E-state index in [9.17, 15) is 9.90 Å². The lowest BCUT2D eigenvalue weighted by Crippen LogP contribution is -2.46. The van der Waals surface area contributed by atoms with E-state index in [1.807, 2.05) is 27.7 Å². The Bertz CT molecular complexity index is 181. The molecule has 0 heterocycles. The van der Waals surface area contributed by atoms with Crippen molar-refractivity contribution in [2.45, 2.75) is 39.8 Å². The van der Waals surface area contributed by atoms with Crippen LogP contribution in [0.3, 0.4) is 0 Å². The van der Waals surface area contributed by atoms with Gasteiger partial charge in [0.1, 0.15) is 0 Å². The Kier molecular flexibility index (Phi) is 5.72. The molecule has 4 heteroatoms. The average molecular weight is 202 g/mol. The number of nitrogens with one attached hydrogen (secondary N) is 1. The minimum absolute atomic E-state index is 0.117. The maximum Gasteiger partial charge on any atom is 0.237 e. The van der Waals surface area contributed by atoms with Gasteiger partial charge in [0.25, 0.3) is 0 Å². The van der Waals surface area contributed by atoms with Crippen LogP contribution in [-0.2, 0) is 4.79 Å². The highest BCUT2D eigenvalue weighted by Gasteiger charge is 2.18. The van der Waals surface area contributed by atoms with Crippen LogP contribution in [0.1, 0.15) is 27.7 Å². The SMILES string of the molecule is CC(C)C(O)CNC(=O)C(N)C(C)C. The van der Waals surface area contributed by atoms with E-state index in [4.69, 9.17) is 5.73 Å². The number of carbonyl (C=O) groups excluding carboxylic acids is 1. The molecule has 0 saturated heterocycles. The number of aliphatic hydroxyl groups is 1. The number of amides is 1. The van der Waals surface area contributed by atoms with Crippen LogP contribution in [0.5, 0.6) is 0 Å². The minimum atomic E-state index is -0.502. The van der Waals surface area contributed by atoms with Gasteiger partial charge in [-0.1, -0.05) is 27.7 Å². The Morgan fingerprint density at radius 1 is 1.29 bits per heavy atom. The highest BCUT2D eigenvalue weighted by molar-refractivity contribution is 5.81. The lowest BCUT2D eigenvalue weighted by molar-refractivity contribution is -0.123. The molecule has 84 valence electrons. The molecule has 0 aromatic rings. The van der Waals surface area contributed by atoms with Crippen LogP contribution in [0.25, 0.3) is 0 Å². The van der Waals surface area contributed by atoms with Gasteiger partial charge in [-0.2, -0.15) is 0 Å². The predicted molar refractivity (Wildman–Crippen MR) is 56.7 cm³/mol. The van der Waals surface area contributed by atoms with Gasteiger partial charge >= 0.3 is 0 Å². The summed E-state index contributed by atoms with van der Waals surface area (Å²) < 4.78 is 0. The smallest absolute Gasteiger partial charge is 0.237 e. The van der Waals surface area contributed by atoms with Gasteiger partial charge in [0, 0.05) is 6.54 Å². The summed E-state index contributed by atoms with van der Waals surface area (Å²) in [6.07, 6.45) is -0.502. The molecule has 0 saturated carbocycles. The van der Waals surface area contributed by atoms with Gasteiger partial charge in [-0.15, -0.1) is 0 Å². The molecule has 0 fully saturated rings. The first-order valence-electron chi connectivity index (χ1n) is 5.07. The molecule has 14 heavy (non-hydrogen) atoms. The Hall–Kier alpha value is -0.610. The maximum atomic E-state index is 11.4. The van der Waals surface area contributed by atoms with Crippen LogP contribution < -0.4 is 11.1 Å². The largest absolute Gasteiger partial charge is 0.391 e. The Morgan fingerprint density at radius 2 is 1.79 bits per heavy atom. The summed E-state index contributed by atoms with van der Waals surface area (Å²) in [5.74, 6) is 0.0662. The van der Waals surface area contributed by atoms with Crippen LogP contribution in [0, 0.1) is 11.8 Å². The number of aliphatic hydroxyl groups excluding tert-OH is 1. The molecule has 0 aromatic heterocycles. The van der Waals surface area contributed by atoms with Gasteiger partial charge in [0.05, 0.1) is 12.1 Å². The van der Waals surface area contributed by atoms with Crippen molar-refractivity contribution >= 4 is 5.91 Å². The summed E-state index contributed by atoms with van der Waals surface area (Å²) >= 11 is 0. The summed E-state index contributed by atoms with van der Waals surface area (Å²) in [6, 6.07) is -0.491. The van der Waals surface area contributed by atoms with E-state index in [1.165, 1.54) is 0 Å². The summed E-state index contributed by atoms with van der Waals surface area (Å²) in [5, 5.41) is 12.1. The van der Waals surface area contributed by atoms with Gasteiger partial charge in [0.2, 0.25) is 5.91 Å². The molecule has 0 radical (unpaired) electrons. The van der Waals surface area contributed by atoms with Crippen molar-refractivity contribution in [1.82, 2.24) is 5.32 Å². The quantitative estimate of drug-likeness (QED) is 0.592. The van der Waals surface area contributed by atoms with E-state index in [-0.39, 0.29) is 24.3 Å². The fourth-order valence-electron chi connectivity index (χ4n) is 0.861. The highest BCUT2D eigenvalue weighted by Crippen LogP contribution is 2.01. The monoisotopic (exact) mass is 202 g/mol. The molecule has 4 nitrogen and oxygen atoms in total. The maximum absolute atomic E-state index is 11.4. The van der Waals surface area contributed by atoms with E-state index in [0.717, 1.165) is 0 Å². The Morgan fingerprint density at radius 3 is 2.14 bits per heavy atom. The molecule has 4 N–H and O–H groups in total. The zero-order valence-corrected chi connectivity index (χ0v) is 9.45. The van der Waals surface area contributed by atoms with E-state index < -0.39 is 12.1 Å². The predicted octanol–water partition coefficient (Wildman–Crippen LogP) is 0.103. The molecule has 2 atom stereocenters. The van der Waals surface area contributed by atoms with Crippen LogP contribution in [0.15, 0.2) is 0 Å². The van der Waals surface area contributed by atoms with Crippen molar-refractivity contribution in [3.8, 4) is 0 Å². The molecule has 0 aliphatic carbocycles. The number of hydrogen-bond donors (Lipinski definition) is 3. The number of carbonyl (C=O) groups is 1. The van der Waals surface area contributed by atoms with E-state index in [0.29, 0.717) is 0 Å². The number of nitrogens with two attached hydrogens (primary N) is 1. The summed E-state index contributed by atoms with van der Waals surface area (Å²) in [6.45, 7) is 7.86. The van der Waals surface area contributed by atoms with Gasteiger partial charge in [0.15, 0.2) is 0 Å². The van der Waals surface area contributed by atoms with Gasteiger partial charge in [-0.3, -0.25) is 4.79 Å². The molecule has 0 rings (SSSR count). The second-order valence-corrected chi connectivity index (χ2v) is 4.33. The average Bonchev–Trinajstić information content (AvgIpc) is 2.11. The first kappa shape index (κ1) is 13.4. The van der Waals surface area contributed by atoms with Crippen molar-refractivity contribution in [1.29, 1.82) is 0 Å². The van der Waals surface area contributed by atoms with Crippen LogP contribution >= 0.6 is 0 Å². The molecule has 0 aliphatic heterocycles. The molecule has 0 spiro atoms. The zero-order chi connectivity index (χ0) is 11.3. The fraction of sp³-hybridized carbons (Fsp3) is 0.900. The molecular weight excluding hydrogens is 180 g/mol. The third-order valence-corrected chi connectivity index (χ3v) is 2.28. The van der Waals surface area contributed by atoms with E-state index in [1.54, 1.807) is 0 Å². The second kappa shape index (κ2) is 5.98. The van der Waals surface area contributed by atoms with Gasteiger partial charge < -0.3 is 16.2 Å². The molecule has 0 bridgehead atoms. The summed E-state index contributed by atoms with van der Waals surface area (Å²) in [4.78, 5) is 11.4. The van der Waals surface area contributed by atoms with Gasteiger partial charge in [-0.25, -0.2) is 0 Å². The van der Waals surface area contributed by atoms with E-state index in [2.05, 4.69) is 5.32 Å². The van der Waals surface area contributed by atoms with Crippen molar-refractivity contribution < 1.29 is 9.90 Å². The summed E-state index contributed by atoms with van der Waals surface area (Å²) in [5.41, 5.74) is 5.63. The second-order valence-electron chi connectivity index (χ2n) is 4.33.